The van der Waals surface area contributed by atoms with Gasteiger partial charge in [-0.15, -0.1) is 0 Å². The summed E-state index contributed by atoms with van der Waals surface area (Å²) in [5.41, 5.74) is 7.92. The minimum absolute atomic E-state index is 0.0385. The Morgan fingerprint density at radius 2 is 1.31 bits per heavy atom. The zero-order valence-corrected chi connectivity index (χ0v) is 43.2. The number of azide groups is 1. The number of ether oxygens (including phenoxy) is 2. The van der Waals surface area contributed by atoms with Crippen LogP contribution in [0, 0.1) is 15.3 Å². The van der Waals surface area contributed by atoms with E-state index in [0.29, 0.717) is 12.8 Å². The monoisotopic (exact) mass is 980 g/mol. The van der Waals surface area contributed by atoms with Crippen molar-refractivity contribution in [3.63, 3.8) is 0 Å². The van der Waals surface area contributed by atoms with Gasteiger partial charge in [0.1, 0.15) is 12.3 Å². The van der Waals surface area contributed by atoms with Crippen molar-refractivity contribution in [2.75, 3.05) is 31.7 Å². The van der Waals surface area contributed by atoms with Gasteiger partial charge >= 0.3 is 19.8 Å². The van der Waals surface area contributed by atoms with Gasteiger partial charge in [0.2, 0.25) is 0 Å². The van der Waals surface area contributed by atoms with Crippen molar-refractivity contribution in [2.24, 2.45) is 5.11 Å². The average Bonchev–Trinajstić information content (AvgIpc) is 3.53. The van der Waals surface area contributed by atoms with Gasteiger partial charge in [-0.1, -0.05) is 167 Å². The van der Waals surface area contributed by atoms with E-state index in [-0.39, 0.29) is 55.1 Å². The Labute approximate surface area is 407 Å². The molecule has 0 bridgehead atoms. The number of anilines is 1. The van der Waals surface area contributed by atoms with Crippen molar-refractivity contribution in [3.05, 3.63) is 44.0 Å². The van der Waals surface area contributed by atoms with Gasteiger partial charge in [0, 0.05) is 47.1 Å². The number of esters is 2. The second-order valence-corrected chi connectivity index (χ2v) is 20.9. The fourth-order valence-corrected chi connectivity index (χ4v) is 9.75. The lowest BCUT2D eigenvalue weighted by Gasteiger charge is -2.50. The fraction of sp³-hybridized carbons (Fsp3) is 0.840. The van der Waals surface area contributed by atoms with Crippen molar-refractivity contribution < 1.29 is 42.5 Å². The number of carbonyl (C=O) groups excluding carboxylic acids is 2. The van der Waals surface area contributed by atoms with Crippen LogP contribution in [-0.4, -0.2) is 70.4 Å². The quantitative estimate of drug-likeness (QED) is 0.00906. The van der Waals surface area contributed by atoms with Gasteiger partial charge in [-0.25, -0.2) is 4.57 Å². The number of carbonyl (C=O) groups is 2. The first-order valence-electron chi connectivity index (χ1n) is 26.2. The Balaban J connectivity index is 1.73. The van der Waals surface area contributed by atoms with Crippen LogP contribution in [0.1, 0.15) is 227 Å². The Morgan fingerprint density at radius 1 is 0.794 bits per heavy atom. The number of nitrogens with zero attached hydrogens (tertiary/aromatic N) is 5. The zero-order valence-electron chi connectivity index (χ0n) is 42.3. The maximum absolute atomic E-state index is 13.2. The molecule has 0 radical (unpaired) electrons. The van der Waals surface area contributed by atoms with Crippen LogP contribution in [-0.2, 0) is 32.7 Å². The molecule has 0 saturated carbocycles. The van der Waals surface area contributed by atoms with Gasteiger partial charge in [0.25, 0.3) is 5.69 Å². The van der Waals surface area contributed by atoms with E-state index in [1.54, 1.807) is 0 Å². The Kier molecular flexibility index (Phi) is 32.0. The summed E-state index contributed by atoms with van der Waals surface area (Å²) < 4.78 is 34.0. The van der Waals surface area contributed by atoms with Gasteiger partial charge in [-0.05, 0) is 70.0 Å². The molecular weight excluding hydrogens is 892 g/mol. The lowest BCUT2D eigenvalue weighted by Crippen LogP contribution is -2.47. The second kappa shape index (κ2) is 35.7. The smallest absolute Gasteiger partial charge is 0.472 e. The number of hydroxylamine groups is 2. The SMILES string of the molecule is CCCCCCCCCCCCCCCC(=O)OCC(COP(=O)(O)OCCNc1ccc(N=[N+]=[N-])c([N+](=O)[O-])c1)OC(=O)CCCCCCCCCCCCC1(CCCC)CCC(C)(C)N1[O-]. The van der Waals surface area contributed by atoms with Gasteiger partial charge in [0.05, 0.1) is 18.1 Å². The second-order valence-electron chi connectivity index (χ2n) is 19.4. The van der Waals surface area contributed by atoms with E-state index in [9.17, 15) is 34.4 Å². The summed E-state index contributed by atoms with van der Waals surface area (Å²) in [5.74, 6) is -0.974. The van der Waals surface area contributed by atoms with E-state index in [1.165, 1.54) is 87.8 Å². The number of rotatable bonds is 43. The molecule has 3 atom stereocenters. The molecule has 1 saturated heterocycles. The van der Waals surface area contributed by atoms with E-state index >= 15 is 0 Å². The highest BCUT2D eigenvalue weighted by Gasteiger charge is 2.43. The van der Waals surface area contributed by atoms with Gasteiger partial charge in [-0.2, -0.15) is 0 Å². The molecular formula is C50H88N6O11P-. The summed E-state index contributed by atoms with van der Waals surface area (Å²) in [6, 6.07) is 3.87. The number of phosphoric ester groups is 1. The molecule has 17 nitrogen and oxygen atoms in total. The first-order chi connectivity index (χ1) is 32.7. The van der Waals surface area contributed by atoms with Crippen LogP contribution >= 0.6 is 7.82 Å². The van der Waals surface area contributed by atoms with E-state index in [2.05, 4.69) is 43.0 Å². The van der Waals surface area contributed by atoms with Crippen molar-refractivity contribution in [3.8, 4) is 0 Å². The third kappa shape index (κ3) is 26.6. The number of unbranched alkanes of at least 4 members (excludes halogenated alkanes) is 22. The summed E-state index contributed by atoms with van der Waals surface area (Å²) in [4.78, 5) is 49.1. The Hall–Kier alpha value is -3.30. The molecule has 0 aliphatic carbocycles. The minimum atomic E-state index is -4.66. The summed E-state index contributed by atoms with van der Waals surface area (Å²) in [5, 5.41) is 32.1. The normalized spacial score (nSPS) is 17.0. The maximum Gasteiger partial charge on any atom is 0.472 e. The maximum atomic E-state index is 13.2. The molecule has 1 fully saturated rings. The van der Waals surface area contributed by atoms with Crippen LogP contribution in [0.15, 0.2) is 23.3 Å². The molecule has 1 aromatic rings. The highest BCUT2D eigenvalue weighted by molar-refractivity contribution is 7.47. The standard InChI is InChI=1S/C50H88N6O11P/c1-5-7-9-10-11-12-13-14-15-18-21-24-27-30-47(57)64-41-44(42-66-68(62,63)65-39-38-52-43-32-33-45(53-54-51)46(40-43)55(59)60)67-48(58)31-28-25-22-19-16-17-20-23-26-29-35-50(34-8-6-2)37-36-49(3,4)56(50)61/h32-33,40,44,52H,5-31,34-39,41-42H2,1-4H3,(H,62,63)/q-1. The van der Waals surface area contributed by atoms with Gasteiger partial charge in [0.15, 0.2) is 6.10 Å². The van der Waals surface area contributed by atoms with E-state index < -0.39 is 43.1 Å². The zero-order chi connectivity index (χ0) is 49.9. The summed E-state index contributed by atoms with van der Waals surface area (Å²) in [6.45, 7) is 7.32. The lowest BCUT2D eigenvalue weighted by atomic mass is 9.85. The number of hydrogen-bond acceptors (Lipinski definition) is 13. The number of hydrogen-bond donors (Lipinski definition) is 2. The molecule has 68 heavy (non-hydrogen) atoms. The van der Waals surface area contributed by atoms with Crippen molar-refractivity contribution >= 4 is 36.8 Å². The number of nitrogens with one attached hydrogen (secondary N) is 1. The number of nitro benzene ring substituents is 1. The molecule has 390 valence electrons. The first kappa shape index (κ1) is 60.8. The van der Waals surface area contributed by atoms with Crippen molar-refractivity contribution in [1.82, 2.24) is 5.06 Å². The Bertz CT molecular complexity index is 1670. The topological polar surface area (TPSA) is 239 Å². The summed E-state index contributed by atoms with van der Waals surface area (Å²) in [6.07, 6.45) is 31.3. The Morgan fingerprint density at radius 3 is 1.82 bits per heavy atom. The van der Waals surface area contributed by atoms with Crippen molar-refractivity contribution in [1.29, 1.82) is 0 Å². The van der Waals surface area contributed by atoms with Gasteiger partial charge in [-0.3, -0.25) is 28.8 Å². The van der Waals surface area contributed by atoms with Crippen LogP contribution in [0.3, 0.4) is 0 Å². The molecule has 2 rings (SSSR count). The average molecular weight is 980 g/mol. The van der Waals surface area contributed by atoms with Crippen LogP contribution in [0.25, 0.3) is 10.4 Å². The highest BCUT2D eigenvalue weighted by atomic mass is 31.2. The van der Waals surface area contributed by atoms with Crippen LogP contribution in [0.5, 0.6) is 0 Å². The van der Waals surface area contributed by atoms with E-state index in [0.717, 1.165) is 109 Å². The largest absolute Gasteiger partial charge is 0.784 e. The lowest BCUT2D eigenvalue weighted by molar-refractivity contribution is -0.384. The minimum Gasteiger partial charge on any atom is -0.784 e. The highest BCUT2D eigenvalue weighted by Crippen LogP contribution is 2.46. The molecule has 18 heteroatoms. The molecule has 1 aliphatic rings. The van der Waals surface area contributed by atoms with E-state index in [1.807, 2.05) is 0 Å². The summed E-state index contributed by atoms with van der Waals surface area (Å²) in [7, 11) is -4.66. The predicted octanol–water partition coefficient (Wildman–Crippen LogP) is 15.0. The van der Waals surface area contributed by atoms with E-state index in [4.69, 9.17) is 24.1 Å². The number of benzene rings is 1. The van der Waals surface area contributed by atoms with Crippen molar-refractivity contribution in [2.45, 2.75) is 244 Å². The molecule has 0 aromatic heterocycles. The van der Waals surface area contributed by atoms with Gasteiger partial charge < -0.3 is 30.0 Å². The first-order valence-corrected chi connectivity index (χ1v) is 27.7. The third-order valence-corrected chi connectivity index (χ3v) is 14.1. The van der Waals surface area contributed by atoms with Crippen LogP contribution in [0.2, 0.25) is 0 Å². The number of phosphoric acid groups is 1. The van der Waals surface area contributed by atoms with Crippen LogP contribution < -0.4 is 5.32 Å². The molecule has 1 aliphatic heterocycles. The molecule has 3 unspecified atom stereocenters. The van der Waals surface area contributed by atoms with Crippen LogP contribution in [0.4, 0.5) is 17.1 Å². The summed E-state index contributed by atoms with van der Waals surface area (Å²) >= 11 is 0. The third-order valence-electron chi connectivity index (χ3n) is 13.1. The molecule has 1 heterocycles. The molecule has 2 N–H and O–H groups in total. The molecule has 0 spiro atoms. The fourth-order valence-electron chi connectivity index (χ4n) is 8.99. The molecule has 0 amide bonds. The number of nitro groups is 1. The predicted molar refractivity (Wildman–Crippen MR) is 269 cm³/mol. The molecule has 1 aromatic carbocycles.